The summed E-state index contributed by atoms with van der Waals surface area (Å²) in [6.07, 6.45) is 18.2. The second-order valence-electron chi connectivity index (χ2n) is 26.1. The fourth-order valence-corrected chi connectivity index (χ4v) is 14.5. The summed E-state index contributed by atoms with van der Waals surface area (Å²) in [7, 11) is 0. The summed E-state index contributed by atoms with van der Waals surface area (Å²) in [5.74, 6) is 0. The highest BCUT2D eigenvalue weighted by Crippen LogP contribution is 2.54. The lowest BCUT2D eigenvalue weighted by Crippen LogP contribution is -2.35. The normalized spacial score (nSPS) is 13.6. The van der Waals surface area contributed by atoms with Crippen molar-refractivity contribution in [3.8, 4) is 44.5 Å². The largest absolute Gasteiger partial charge is 0.334 e. The highest BCUT2D eigenvalue weighted by atomic mass is 15.2. The van der Waals surface area contributed by atoms with Gasteiger partial charge in [0, 0.05) is 62.6 Å². The smallest absolute Gasteiger partial charge is 0.0586 e. The molecule has 488 valence electrons. The third kappa shape index (κ3) is 13.8. The van der Waals surface area contributed by atoms with Crippen LogP contribution in [0.25, 0.3) is 74.9 Å². The van der Waals surface area contributed by atoms with E-state index in [4.69, 9.17) is 6.58 Å². The molecule has 1 saturated carbocycles. The Morgan fingerprint density at radius 3 is 0.843 bits per heavy atom. The van der Waals surface area contributed by atoms with Gasteiger partial charge in [0.25, 0.3) is 0 Å². The molecule has 102 heavy (non-hydrogen) atoms. The molecule has 0 aromatic heterocycles. The monoisotopic (exact) mass is 1310 g/mol. The first kappa shape index (κ1) is 63.7. The lowest BCUT2D eigenvalue weighted by atomic mass is 9.79. The summed E-state index contributed by atoms with van der Waals surface area (Å²) >= 11 is 0. The molecule has 14 aromatic rings. The van der Waals surface area contributed by atoms with E-state index in [1.807, 2.05) is 0 Å². The zero-order chi connectivity index (χ0) is 68.4. The van der Waals surface area contributed by atoms with Crippen LogP contribution in [0, 0.1) is 0 Å². The van der Waals surface area contributed by atoms with E-state index in [0.29, 0.717) is 0 Å². The molecule has 0 aliphatic heterocycles. The summed E-state index contributed by atoms with van der Waals surface area (Å²) in [4.78, 5) is 9.75. The molecule has 1 fully saturated rings. The Bertz CT molecular complexity index is 5160. The Balaban J connectivity index is 0.924. The first-order valence-electron chi connectivity index (χ1n) is 35.3. The standard InChI is InChI=1S/C98H76N4/c1-72-45-46-78(34-26-33-73-27-10-2-11-28-73)67-98(72)102(83-43-24-9-25-44-83)89-62-66-93-96-70-87(100(81-39-20-7-21-40-81)84-55-51-76(52-56-84)49-47-74-29-12-3-13-30-74)60-64-91(96)94-68-86(99(79-35-16-5-17-36-79)80-37-18-6-19-38-80)59-63-90(94)95-69-88(61-65-92(95)97(93)71-89)101(82-41-22-8-23-42-82)85-57-53-77(54-58-85)50-48-75-31-14-4-15-32-75/h2-44,47-66,68-71,98H,1,45-46,67H2. The number of benzene rings is 14. The van der Waals surface area contributed by atoms with Gasteiger partial charge in [-0.1, -0.05) is 291 Å². The Morgan fingerprint density at radius 1 is 0.235 bits per heavy atom. The van der Waals surface area contributed by atoms with Crippen molar-refractivity contribution in [2.75, 3.05) is 19.6 Å². The SMILES string of the molecule is C=C1CCC(=CC=Cc2ccccc2)CC1N(c1ccccc1)c1ccc2c(c1)-c1ccc(N(c3ccccc3)c3ccc(C=Cc4ccccc4)cc3)cc1-c1ccc(N(c3ccccc3)c3ccccc3)cc1-c1ccc(N(c3ccccc3)c3ccc(C=Cc4ccccc4)cc3)cc1-2. The predicted molar refractivity (Wildman–Crippen MR) is 435 cm³/mol. The van der Waals surface area contributed by atoms with Crippen LogP contribution in [0.2, 0.25) is 0 Å². The van der Waals surface area contributed by atoms with Crippen molar-refractivity contribution < 1.29 is 0 Å². The van der Waals surface area contributed by atoms with Crippen LogP contribution in [0.5, 0.6) is 0 Å². The van der Waals surface area contributed by atoms with E-state index in [1.165, 1.54) is 16.7 Å². The molecule has 0 spiro atoms. The highest BCUT2D eigenvalue weighted by Gasteiger charge is 2.32. The van der Waals surface area contributed by atoms with Crippen LogP contribution in [0.3, 0.4) is 0 Å². The predicted octanol–water partition coefficient (Wildman–Crippen LogP) is 27.3. The number of hydrogen-bond acceptors (Lipinski definition) is 4. The number of fused-ring (bicyclic) bond motifs is 8. The summed E-state index contributed by atoms with van der Waals surface area (Å²) < 4.78 is 0. The summed E-state index contributed by atoms with van der Waals surface area (Å²) in [5, 5.41) is 0. The van der Waals surface area contributed by atoms with Gasteiger partial charge in [-0.25, -0.2) is 0 Å². The fraction of sp³-hybridized carbons (Fsp3) is 0.0408. The molecule has 4 nitrogen and oxygen atoms in total. The van der Waals surface area contributed by atoms with Crippen molar-refractivity contribution in [1.29, 1.82) is 0 Å². The average Bonchev–Trinajstić information content (AvgIpc) is 0.729. The third-order valence-corrected chi connectivity index (χ3v) is 19.6. The van der Waals surface area contributed by atoms with Crippen molar-refractivity contribution in [2.24, 2.45) is 0 Å². The molecular formula is C98H76N4. The van der Waals surface area contributed by atoms with Gasteiger partial charge in [-0.05, 0) is 225 Å². The molecule has 1 atom stereocenters. The van der Waals surface area contributed by atoms with Gasteiger partial charge in [0.05, 0.1) is 6.04 Å². The van der Waals surface area contributed by atoms with Gasteiger partial charge in [0.1, 0.15) is 0 Å². The van der Waals surface area contributed by atoms with E-state index in [2.05, 4.69) is 426 Å². The van der Waals surface area contributed by atoms with Crippen molar-refractivity contribution in [3.63, 3.8) is 0 Å². The summed E-state index contributed by atoms with van der Waals surface area (Å²) in [6.45, 7) is 4.89. The van der Waals surface area contributed by atoms with Gasteiger partial charge in [-0.2, -0.15) is 0 Å². The van der Waals surface area contributed by atoms with Crippen LogP contribution in [0.1, 0.15) is 47.1 Å². The molecule has 4 heteroatoms. The van der Waals surface area contributed by atoms with E-state index in [0.717, 1.165) is 149 Å². The van der Waals surface area contributed by atoms with E-state index in [1.54, 1.807) is 0 Å². The first-order chi connectivity index (χ1) is 50.5. The molecule has 2 aliphatic rings. The average molecular weight is 1310 g/mol. The second-order valence-corrected chi connectivity index (χ2v) is 26.1. The maximum atomic E-state index is 4.89. The molecule has 0 heterocycles. The van der Waals surface area contributed by atoms with E-state index in [-0.39, 0.29) is 6.04 Å². The number of rotatable bonds is 18. The van der Waals surface area contributed by atoms with Crippen LogP contribution < -0.4 is 19.6 Å². The van der Waals surface area contributed by atoms with E-state index >= 15 is 0 Å². The summed E-state index contributed by atoms with van der Waals surface area (Å²) in [5.41, 5.74) is 29.1. The van der Waals surface area contributed by atoms with E-state index in [9.17, 15) is 0 Å². The van der Waals surface area contributed by atoms with Crippen LogP contribution >= 0.6 is 0 Å². The Labute approximate surface area is 600 Å². The zero-order valence-corrected chi connectivity index (χ0v) is 56.9. The van der Waals surface area contributed by atoms with Crippen molar-refractivity contribution >= 4 is 92.9 Å². The molecule has 0 N–H and O–H groups in total. The van der Waals surface area contributed by atoms with Crippen molar-refractivity contribution in [2.45, 2.75) is 25.3 Å². The molecule has 0 bridgehead atoms. The number of anilines is 11. The first-order valence-corrected chi connectivity index (χ1v) is 35.3. The Morgan fingerprint density at radius 2 is 0.500 bits per heavy atom. The van der Waals surface area contributed by atoms with Gasteiger partial charge in [-0.3, -0.25) is 0 Å². The Hall–Kier alpha value is -13.0. The number of para-hydroxylation sites is 5. The van der Waals surface area contributed by atoms with Crippen molar-refractivity contribution in [3.05, 3.63) is 422 Å². The molecule has 0 radical (unpaired) electrons. The van der Waals surface area contributed by atoms with Crippen LogP contribution in [0.4, 0.5) is 62.6 Å². The maximum absolute atomic E-state index is 4.89. The molecule has 0 saturated heterocycles. The summed E-state index contributed by atoms with van der Waals surface area (Å²) in [6, 6.07) is 132. The van der Waals surface area contributed by atoms with Crippen molar-refractivity contribution in [1.82, 2.24) is 0 Å². The minimum Gasteiger partial charge on any atom is -0.334 e. The fourth-order valence-electron chi connectivity index (χ4n) is 14.5. The van der Waals surface area contributed by atoms with Gasteiger partial charge < -0.3 is 19.6 Å². The minimum atomic E-state index is -0.0134. The number of nitrogens with zero attached hydrogens (tertiary/aromatic N) is 4. The molecule has 1 unspecified atom stereocenters. The van der Waals surface area contributed by atoms with Gasteiger partial charge in [0.15, 0.2) is 0 Å². The molecule has 0 amide bonds. The minimum absolute atomic E-state index is 0.0134. The molecule has 16 rings (SSSR count). The lowest BCUT2D eigenvalue weighted by Gasteiger charge is -2.39. The Kier molecular flexibility index (Phi) is 18.5. The van der Waals surface area contributed by atoms with E-state index < -0.39 is 0 Å². The third-order valence-electron chi connectivity index (χ3n) is 19.6. The number of allylic oxidation sites excluding steroid dienone is 2. The van der Waals surface area contributed by atoms with Crippen LogP contribution in [0.15, 0.2) is 394 Å². The topological polar surface area (TPSA) is 13.0 Å². The van der Waals surface area contributed by atoms with Gasteiger partial charge >= 0.3 is 0 Å². The van der Waals surface area contributed by atoms with Gasteiger partial charge in [-0.15, -0.1) is 0 Å². The maximum Gasteiger partial charge on any atom is 0.0586 e. The van der Waals surface area contributed by atoms with Crippen LogP contribution in [-0.2, 0) is 0 Å². The lowest BCUT2D eigenvalue weighted by molar-refractivity contribution is 0.626. The zero-order valence-electron chi connectivity index (χ0n) is 56.9. The molecule has 14 aromatic carbocycles. The number of hydrogen-bond donors (Lipinski definition) is 0. The molecular weight excluding hydrogens is 1230 g/mol. The quantitative estimate of drug-likeness (QED) is 0.0627. The molecule has 2 aliphatic carbocycles. The van der Waals surface area contributed by atoms with Gasteiger partial charge in [0.2, 0.25) is 0 Å². The highest BCUT2D eigenvalue weighted by molar-refractivity contribution is 6.07. The van der Waals surface area contributed by atoms with Crippen LogP contribution in [-0.4, -0.2) is 6.04 Å². The second kappa shape index (κ2) is 29.6.